The standard InChI is InChI=1S/C16H25N3O2/c1-16(21)7-4-9-19(10-8-16)15(20)13-11-12(17)5-6-14(13)18(2)3/h5-6,11,21H,4,7-10,17H2,1-3H3. The van der Waals surface area contributed by atoms with Crippen LogP contribution < -0.4 is 10.6 Å². The number of benzene rings is 1. The molecule has 1 heterocycles. The SMILES string of the molecule is CN(C)c1ccc(N)cc1C(=O)N1CCCC(C)(O)CC1. The quantitative estimate of drug-likeness (QED) is 0.814. The van der Waals surface area contributed by atoms with E-state index in [1.54, 1.807) is 12.1 Å². The molecular formula is C16H25N3O2. The first-order valence-electron chi connectivity index (χ1n) is 7.39. The molecule has 5 nitrogen and oxygen atoms in total. The van der Waals surface area contributed by atoms with E-state index in [-0.39, 0.29) is 5.91 Å². The fourth-order valence-electron chi connectivity index (χ4n) is 2.75. The first kappa shape index (κ1) is 15.6. The fraction of sp³-hybridized carbons (Fsp3) is 0.562. The first-order valence-corrected chi connectivity index (χ1v) is 7.39. The van der Waals surface area contributed by atoms with Crippen LogP contribution in [0.3, 0.4) is 0 Å². The number of aliphatic hydroxyl groups is 1. The molecule has 0 spiro atoms. The number of hydrogen-bond donors (Lipinski definition) is 2. The maximum atomic E-state index is 12.8. The van der Waals surface area contributed by atoms with Crippen molar-refractivity contribution in [2.75, 3.05) is 37.8 Å². The Bertz CT molecular complexity index is 526. The van der Waals surface area contributed by atoms with Crippen LogP contribution in [-0.4, -0.2) is 48.7 Å². The highest BCUT2D eigenvalue weighted by atomic mass is 16.3. The van der Waals surface area contributed by atoms with Crippen LogP contribution in [0.1, 0.15) is 36.5 Å². The summed E-state index contributed by atoms with van der Waals surface area (Å²) in [6, 6.07) is 5.41. The third-order valence-corrected chi connectivity index (χ3v) is 4.08. The Kier molecular flexibility index (Phi) is 4.42. The maximum absolute atomic E-state index is 12.8. The van der Waals surface area contributed by atoms with Crippen molar-refractivity contribution in [3.8, 4) is 0 Å². The molecule has 21 heavy (non-hydrogen) atoms. The van der Waals surface area contributed by atoms with Crippen LogP contribution in [0.2, 0.25) is 0 Å². The zero-order valence-corrected chi connectivity index (χ0v) is 13.1. The molecule has 1 unspecified atom stereocenters. The van der Waals surface area contributed by atoms with Crippen molar-refractivity contribution in [1.29, 1.82) is 0 Å². The fourth-order valence-corrected chi connectivity index (χ4v) is 2.75. The van der Waals surface area contributed by atoms with Crippen LogP contribution in [0, 0.1) is 0 Å². The molecule has 1 amide bonds. The first-order chi connectivity index (χ1) is 9.80. The highest BCUT2D eigenvalue weighted by Gasteiger charge is 2.28. The Morgan fingerprint density at radius 3 is 2.71 bits per heavy atom. The van der Waals surface area contributed by atoms with Gasteiger partial charge in [-0.1, -0.05) is 0 Å². The van der Waals surface area contributed by atoms with Crippen LogP contribution in [-0.2, 0) is 0 Å². The van der Waals surface area contributed by atoms with Gasteiger partial charge in [-0.3, -0.25) is 4.79 Å². The highest BCUT2D eigenvalue weighted by Crippen LogP contribution is 2.26. The second kappa shape index (κ2) is 5.93. The lowest BCUT2D eigenvalue weighted by molar-refractivity contribution is 0.0438. The predicted molar refractivity (Wildman–Crippen MR) is 85.6 cm³/mol. The van der Waals surface area contributed by atoms with Crippen molar-refractivity contribution in [1.82, 2.24) is 4.90 Å². The molecule has 1 aliphatic heterocycles. The molecular weight excluding hydrogens is 266 g/mol. The van der Waals surface area contributed by atoms with Gasteiger partial charge in [0.1, 0.15) is 0 Å². The van der Waals surface area contributed by atoms with Gasteiger partial charge in [-0.05, 0) is 44.4 Å². The van der Waals surface area contributed by atoms with Crippen LogP contribution in [0.25, 0.3) is 0 Å². The summed E-state index contributed by atoms with van der Waals surface area (Å²) in [6.07, 6.45) is 2.16. The van der Waals surface area contributed by atoms with E-state index >= 15 is 0 Å². The Balaban J connectivity index is 2.25. The summed E-state index contributed by atoms with van der Waals surface area (Å²) in [5.74, 6) is -0.0105. The molecule has 0 saturated carbocycles. The molecule has 0 aromatic heterocycles. The normalized spacial score (nSPS) is 22.8. The van der Waals surface area contributed by atoms with Crippen LogP contribution in [0.15, 0.2) is 18.2 Å². The molecule has 3 N–H and O–H groups in total. The predicted octanol–water partition coefficient (Wildman–Crippen LogP) is 1.71. The summed E-state index contributed by atoms with van der Waals surface area (Å²) < 4.78 is 0. The van der Waals surface area contributed by atoms with Gasteiger partial charge in [-0.2, -0.15) is 0 Å². The molecule has 1 saturated heterocycles. The third-order valence-electron chi connectivity index (χ3n) is 4.08. The average Bonchev–Trinajstić information content (AvgIpc) is 2.58. The molecule has 0 radical (unpaired) electrons. The number of rotatable bonds is 2. The summed E-state index contributed by atoms with van der Waals surface area (Å²) in [4.78, 5) is 16.5. The van der Waals surface area contributed by atoms with Crippen LogP contribution in [0.4, 0.5) is 11.4 Å². The van der Waals surface area contributed by atoms with E-state index < -0.39 is 5.60 Å². The summed E-state index contributed by atoms with van der Waals surface area (Å²) in [6.45, 7) is 3.09. The summed E-state index contributed by atoms with van der Waals surface area (Å²) >= 11 is 0. The van der Waals surface area contributed by atoms with Gasteiger partial charge in [0.15, 0.2) is 0 Å². The molecule has 0 aliphatic carbocycles. The third kappa shape index (κ3) is 3.67. The number of likely N-dealkylation sites (tertiary alicyclic amines) is 1. The maximum Gasteiger partial charge on any atom is 0.256 e. The van der Waals surface area contributed by atoms with Gasteiger partial charge >= 0.3 is 0 Å². The molecule has 5 heteroatoms. The second-order valence-electron chi connectivity index (χ2n) is 6.31. The number of nitrogen functional groups attached to an aromatic ring is 1. The van der Waals surface area contributed by atoms with Crippen molar-refractivity contribution >= 4 is 17.3 Å². The summed E-state index contributed by atoms with van der Waals surface area (Å²) in [5, 5.41) is 10.1. The minimum absolute atomic E-state index is 0.0105. The Labute approximate surface area is 126 Å². The van der Waals surface area contributed by atoms with Crippen molar-refractivity contribution in [2.45, 2.75) is 31.8 Å². The number of amides is 1. The van der Waals surface area contributed by atoms with Gasteiger partial charge in [0.25, 0.3) is 5.91 Å². The van der Waals surface area contributed by atoms with E-state index in [1.807, 2.05) is 36.9 Å². The van der Waals surface area contributed by atoms with E-state index in [1.165, 1.54) is 0 Å². The largest absolute Gasteiger partial charge is 0.399 e. The lowest BCUT2D eigenvalue weighted by Gasteiger charge is -2.25. The number of hydrogen-bond acceptors (Lipinski definition) is 4. The van der Waals surface area contributed by atoms with E-state index in [0.29, 0.717) is 30.8 Å². The van der Waals surface area contributed by atoms with Crippen LogP contribution in [0.5, 0.6) is 0 Å². The molecule has 1 aromatic carbocycles. The number of carbonyl (C=O) groups is 1. The van der Waals surface area contributed by atoms with Crippen LogP contribution >= 0.6 is 0 Å². The monoisotopic (exact) mass is 291 g/mol. The zero-order chi connectivity index (χ0) is 15.6. The van der Waals surface area contributed by atoms with Crippen molar-refractivity contribution in [3.63, 3.8) is 0 Å². The molecule has 0 bridgehead atoms. The van der Waals surface area contributed by atoms with E-state index in [0.717, 1.165) is 18.5 Å². The van der Waals surface area contributed by atoms with Gasteiger partial charge < -0.3 is 20.6 Å². The molecule has 1 fully saturated rings. The molecule has 1 atom stereocenters. The molecule has 1 aliphatic rings. The lowest BCUT2D eigenvalue weighted by atomic mass is 9.98. The topological polar surface area (TPSA) is 69.8 Å². The minimum atomic E-state index is -0.672. The molecule has 116 valence electrons. The number of nitrogens with two attached hydrogens (primary N) is 1. The van der Waals surface area contributed by atoms with Gasteiger partial charge in [-0.15, -0.1) is 0 Å². The number of anilines is 2. The van der Waals surface area contributed by atoms with E-state index in [4.69, 9.17) is 5.73 Å². The van der Waals surface area contributed by atoms with Gasteiger partial charge in [-0.25, -0.2) is 0 Å². The van der Waals surface area contributed by atoms with Crippen molar-refractivity contribution in [2.24, 2.45) is 0 Å². The lowest BCUT2D eigenvalue weighted by Crippen LogP contribution is -2.34. The second-order valence-corrected chi connectivity index (χ2v) is 6.31. The number of carbonyl (C=O) groups excluding carboxylic acids is 1. The molecule has 2 rings (SSSR count). The number of nitrogens with zero attached hydrogens (tertiary/aromatic N) is 2. The summed E-state index contributed by atoms with van der Waals surface area (Å²) in [7, 11) is 3.82. The van der Waals surface area contributed by atoms with Gasteiger partial charge in [0, 0.05) is 38.6 Å². The summed E-state index contributed by atoms with van der Waals surface area (Å²) in [5.41, 5.74) is 7.25. The van der Waals surface area contributed by atoms with E-state index in [9.17, 15) is 9.90 Å². The van der Waals surface area contributed by atoms with Gasteiger partial charge in [0.2, 0.25) is 0 Å². The average molecular weight is 291 g/mol. The van der Waals surface area contributed by atoms with E-state index in [2.05, 4.69) is 0 Å². The Hall–Kier alpha value is -1.75. The Morgan fingerprint density at radius 1 is 1.33 bits per heavy atom. The zero-order valence-electron chi connectivity index (χ0n) is 13.1. The van der Waals surface area contributed by atoms with Crippen molar-refractivity contribution in [3.05, 3.63) is 23.8 Å². The van der Waals surface area contributed by atoms with Gasteiger partial charge in [0.05, 0.1) is 11.2 Å². The molecule has 1 aromatic rings. The highest BCUT2D eigenvalue weighted by molar-refractivity contribution is 6.00. The van der Waals surface area contributed by atoms with Crippen molar-refractivity contribution < 1.29 is 9.90 Å². The smallest absolute Gasteiger partial charge is 0.256 e. The minimum Gasteiger partial charge on any atom is -0.399 e. The Morgan fingerprint density at radius 2 is 2.05 bits per heavy atom.